The van der Waals surface area contributed by atoms with Gasteiger partial charge in [-0.3, -0.25) is 9.78 Å². The molecule has 0 atom stereocenters. The summed E-state index contributed by atoms with van der Waals surface area (Å²) in [6.07, 6.45) is 4.22. The van der Waals surface area contributed by atoms with Gasteiger partial charge in [0.1, 0.15) is 0 Å². The Bertz CT molecular complexity index is 1330. The lowest BCUT2D eigenvalue weighted by atomic mass is 9.67. The van der Waals surface area contributed by atoms with Crippen LogP contribution in [-0.4, -0.2) is 37.9 Å². The molecule has 1 N–H and O–H groups in total. The summed E-state index contributed by atoms with van der Waals surface area (Å²) in [4.78, 5) is 21.2. The van der Waals surface area contributed by atoms with E-state index in [1.54, 1.807) is 19.1 Å². The van der Waals surface area contributed by atoms with Gasteiger partial charge >= 0.3 is 6.18 Å². The number of nitriles is 1. The molecule has 1 aliphatic heterocycles. The third kappa shape index (κ3) is 4.69. The Hall–Kier alpha value is -3.78. The summed E-state index contributed by atoms with van der Waals surface area (Å²) in [6, 6.07) is 8.08. The summed E-state index contributed by atoms with van der Waals surface area (Å²) >= 11 is 0. The van der Waals surface area contributed by atoms with E-state index in [0.29, 0.717) is 29.9 Å². The van der Waals surface area contributed by atoms with E-state index in [-0.39, 0.29) is 17.0 Å². The van der Waals surface area contributed by atoms with E-state index >= 15 is 0 Å². The number of halogens is 3. The van der Waals surface area contributed by atoms with Crippen LogP contribution in [0.3, 0.4) is 0 Å². The fourth-order valence-corrected chi connectivity index (χ4v) is 5.20. The number of pyridine rings is 2. The highest BCUT2D eigenvalue weighted by Gasteiger charge is 2.46. The standard InChI is InChI=1S/C26H25F3N6O2/c1-17-20(15-33-35(17)22-6-3-18(13-32-22)26(27,28)29)23(36)34-19-4-5-21(31-14-19)24(16-30)8-10-25(11-9-24)7-2-12-37-25/h3-6,13-15H,2,7-12H2,1H3,(H,34,36). The zero-order valence-electron chi connectivity index (χ0n) is 20.2. The van der Waals surface area contributed by atoms with Crippen molar-refractivity contribution < 1.29 is 22.7 Å². The molecule has 1 saturated carbocycles. The predicted molar refractivity (Wildman–Crippen MR) is 127 cm³/mol. The smallest absolute Gasteiger partial charge is 0.375 e. The van der Waals surface area contributed by atoms with Gasteiger partial charge in [0, 0.05) is 12.8 Å². The minimum absolute atomic E-state index is 0.0908. The quantitative estimate of drug-likeness (QED) is 0.522. The number of hydrogen-bond acceptors (Lipinski definition) is 6. The summed E-state index contributed by atoms with van der Waals surface area (Å²) in [5, 5.41) is 16.9. The van der Waals surface area contributed by atoms with E-state index in [9.17, 15) is 23.2 Å². The highest BCUT2D eigenvalue weighted by atomic mass is 19.4. The Labute approximate surface area is 211 Å². The lowest BCUT2D eigenvalue weighted by Gasteiger charge is -2.40. The van der Waals surface area contributed by atoms with Gasteiger partial charge in [-0.25, -0.2) is 9.67 Å². The van der Waals surface area contributed by atoms with Crippen LogP contribution in [0.15, 0.2) is 42.9 Å². The number of ether oxygens (including phenoxy) is 1. The topological polar surface area (TPSA) is 106 Å². The molecule has 8 nitrogen and oxygen atoms in total. The normalized spacial score (nSPS) is 23.6. The molecule has 0 bridgehead atoms. The lowest BCUT2D eigenvalue weighted by Crippen LogP contribution is -2.40. The molecule has 0 aromatic carbocycles. The molecule has 0 unspecified atom stereocenters. The van der Waals surface area contributed by atoms with E-state index in [1.807, 2.05) is 0 Å². The number of amides is 1. The van der Waals surface area contributed by atoms with E-state index in [4.69, 9.17) is 4.74 Å². The molecular weight excluding hydrogens is 485 g/mol. The summed E-state index contributed by atoms with van der Waals surface area (Å²) in [6.45, 7) is 2.41. The van der Waals surface area contributed by atoms with E-state index < -0.39 is 23.1 Å². The third-order valence-corrected chi connectivity index (χ3v) is 7.47. The van der Waals surface area contributed by atoms with Crippen molar-refractivity contribution in [3.8, 4) is 11.9 Å². The molecular formula is C26H25F3N6O2. The third-order valence-electron chi connectivity index (χ3n) is 7.47. The zero-order chi connectivity index (χ0) is 26.3. The molecule has 0 radical (unpaired) electrons. The fraction of sp³-hybridized carbons (Fsp3) is 0.423. The van der Waals surface area contributed by atoms with Gasteiger partial charge in [-0.2, -0.15) is 23.5 Å². The average molecular weight is 511 g/mol. The van der Waals surface area contributed by atoms with E-state index in [1.165, 1.54) is 23.1 Å². The molecule has 1 aliphatic carbocycles. The molecule has 2 fully saturated rings. The molecule has 4 heterocycles. The number of carbonyl (C=O) groups is 1. The minimum atomic E-state index is -4.49. The second-order valence-corrected chi connectivity index (χ2v) is 9.67. The van der Waals surface area contributed by atoms with Gasteiger partial charge in [-0.1, -0.05) is 0 Å². The number of nitrogens with one attached hydrogen (secondary N) is 1. The SMILES string of the molecule is Cc1c(C(=O)Nc2ccc(C3(C#N)CCC4(CCCO4)CC3)nc2)cnn1-c1ccc(C(F)(F)F)cn1. The van der Waals surface area contributed by atoms with Crippen molar-refractivity contribution in [1.82, 2.24) is 19.7 Å². The van der Waals surface area contributed by atoms with Crippen molar-refractivity contribution in [1.29, 1.82) is 5.26 Å². The van der Waals surface area contributed by atoms with Crippen LogP contribution in [0.5, 0.6) is 0 Å². The van der Waals surface area contributed by atoms with Crippen LogP contribution in [-0.2, 0) is 16.3 Å². The van der Waals surface area contributed by atoms with Gasteiger partial charge in [0.05, 0.1) is 57.7 Å². The predicted octanol–water partition coefficient (Wildman–Crippen LogP) is 5.13. The fourth-order valence-electron chi connectivity index (χ4n) is 5.20. The van der Waals surface area contributed by atoms with Crippen molar-refractivity contribution in [3.05, 3.63) is 65.4 Å². The molecule has 1 saturated heterocycles. The summed E-state index contributed by atoms with van der Waals surface area (Å²) in [7, 11) is 0. The van der Waals surface area contributed by atoms with Crippen LogP contribution in [0.2, 0.25) is 0 Å². The first-order valence-corrected chi connectivity index (χ1v) is 12.1. The Morgan fingerprint density at radius 1 is 1.08 bits per heavy atom. The van der Waals surface area contributed by atoms with E-state index in [2.05, 4.69) is 26.5 Å². The van der Waals surface area contributed by atoms with Crippen LogP contribution in [0.4, 0.5) is 18.9 Å². The highest BCUT2D eigenvalue weighted by molar-refractivity contribution is 6.04. The largest absolute Gasteiger partial charge is 0.417 e. The molecule has 2 aliphatic rings. The summed E-state index contributed by atoms with van der Waals surface area (Å²) < 4.78 is 45.7. The Kier molecular flexibility index (Phi) is 6.23. The monoisotopic (exact) mass is 510 g/mol. The van der Waals surface area contributed by atoms with Crippen LogP contribution in [0.1, 0.15) is 65.8 Å². The van der Waals surface area contributed by atoms with Gasteiger partial charge in [0.25, 0.3) is 5.91 Å². The number of rotatable bonds is 4. The van der Waals surface area contributed by atoms with E-state index in [0.717, 1.165) is 44.6 Å². The van der Waals surface area contributed by atoms with Crippen molar-refractivity contribution in [2.45, 2.75) is 62.6 Å². The van der Waals surface area contributed by atoms with Gasteiger partial charge in [-0.15, -0.1) is 0 Å². The first-order valence-electron chi connectivity index (χ1n) is 12.1. The maximum absolute atomic E-state index is 12.9. The van der Waals surface area contributed by atoms with Crippen molar-refractivity contribution in [2.24, 2.45) is 0 Å². The number of anilines is 1. The first-order chi connectivity index (χ1) is 17.6. The van der Waals surface area contributed by atoms with Crippen molar-refractivity contribution in [2.75, 3.05) is 11.9 Å². The molecule has 11 heteroatoms. The highest BCUT2D eigenvalue weighted by Crippen LogP contribution is 2.47. The van der Waals surface area contributed by atoms with Crippen molar-refractivity contribution in [3.63, 3.8) is 0 Å². The molecule has 3 aromatic heterocycles. The Morgan fingerprint density at radius 2 is 1.86 bits per heavy atom. The molecule has 1 amide bonds. The zero-order valence-corrected chi connectivity index (χ0v) is 20.2. The number of carbonyl (C=O) groups excluding carboxylic acids is 1. The lowest BCUT2D eigenvalue weighted by molar-refractivity contribution is -0.137. The molecule has 3 aromatic rings. The van der Waals surface area contributed by atoms with Crippen LogP contribution < -0.4 is 5.32 Å². The minimum Gasteiger partial charge on any atom is -0.375 e. The molecule has 5 rings (SSSR count). The van der Waals surface area contributed by atoms with Gasteiger partial charge in [0.2, 0.25) is 0 Å². The summed E-state index contributed by atoms with van der Waals surface area (Å²) in [5.41, 5.74) is 0.161. The van der Waals surface area contributed by atoms with Gasteiger partial charge in [-0.05, 0) is 69.7 Å². The first kappa shape index (κ1) is 24.9. The average Bonchev–Trinajstić information content (AvgIpc) is 3.51. The molecule has 37 heavy (non-hydrogen) atoms. The number of nitrogens with zero attached hydrogens (tertiary/aromatic N) is 5. The molecule has 1 spiro atoms. The maximum Gasteiger partial charge on any atom is 0.417 e. The molecule has 192 valence electrons. The second-order valence-electron chi connectivity index (χ2n) is 9.67. The van der Waals surface area contributed by atoms with Gasteiger partial charge in [0.15, 0.2) is 5.82 Å². The van der Waals surface area contributed by atoms with Crippen molar-refractivity contribution >= 4 is 11.6 Å². The number of aromatic nitrogens is 4. The number of hydrogen-bond donors (Lipinski definition) is 1. The van der Waals surface area contributed by atoms with Crippen LogP contribution in [0, 0.1) is 18.3 Å². The van der Waals surface area contributed by atoms with Crippen LogP contribution >= 0.6 is 0 Å². The second kappa shape index (κ2) is 9.27. The van der Waals surface area contributed by atoms with Gasteiger partial charge < -0.3 is 10.1 Å². The maximum atomic E-state index is 12.9. The van der Waals surface area contributed by atoms with Crippen LogP contribution in [0.25, 0.3) is 5.82 Å². The summed E-state index contributed by atoms with van der Waals surface area (Å²) in [5.74, 6) is -0.284. The Balaban J connectivity index is 1.27. The number of alkyl halides is 3. The Morgan fingerprint density at radius 3 is 2.43 bits per heavy atom.